The molecule has 3 rings (SSSR count). The lowest BCUT2D eigenvalue weighted by Gasteiger charge is -2.23. The fraction of sp³-hybridized carbons (Fsp3) is 0.350. The Morgan fingerprint density at radius 2 is 2.19 bits per heavy atom. The van der Waals surface area contributed by atoms with Crippen LogP contribution in [0.15, 0.2) is 30.5 Å². The zero-order valence-electron chi connectivity index (χ0n) is 15.1. The minimum Gasteiger partial charge on any atom is -0.339 e. The summed E-state index contributed by atoms with van der Waals surface area (Å²) in [5.41, 5.74) is 9.96. The number of carbonyl (C=O) groups is 1. The van der Waals surface area contributed by atoms with E-state index in [0.717, 1.165) is 36.1 Å². The third-order valence-electron chi connectivity index (χ3n) is 4.56. The van der Waals surface area contributed by atoms with Crippen molar-refractivity contribution in [1.82, 2.24) is 9.97 Å². The summed E-state index contributed by atoms with van der Waals surface area (Å²) in [6.07, 6.45) is 8.01. The first-order valence-corrected chi connectivity index (χ1v) is 8.78. The Morgan fingerprint density at radius 3 is 2.81 bits per heavy atom. The summed E-state index contributed by atoms with van der Waals surface area (Å²) in [6.45, 7) is 3.93. The van der Waals surface area contributed by atoms with Gasteiger partial charge in [0, 0.05) is 23.0 Å². The van der Waals surface area contributed by atoms with Gasteiger partial charge in [0.25, 0.3) is 5.91 Å². The minimum atomic E-state index is -0.463. The number of nitrogens with one attached hydrogen (secondary N) is 2. The van der Waals surface area contributed by atoms with E-state index in [1.54, 1.807) is 0 Å². The van der Waals surface area contributed by atoms with Crippen LogP contribution >= 0.6 is 0 Å². The second kappa shape index (κ2) is 7.14. The number of aromatic nitrogens is 2. The second-order valence-electron chi connectivity index (χ2n) is 7.16. The van der Waals surface area contributed by atoms with Crippen molar-refractivity contribution in [3.8, 4) is 6.07 Å². The van der Waals surface area contributed by atoms with E-state index in [1.165, 1.54) is 18.2 Å². The minimum absolute atomic E-state index is 0.119. The summed E-state index contributed by atoms with van der Waals surface area (Å²) in [5, 5.41) is 11.8. The van der Waals surface area contributed by atoms with Crippen LogP contribution in [0.2, 0.25) is 0 Å². The van der Waals surface area contributed by atoms with E-state index in [-0.39, 0.29) is 17.4 Å². The zero-order valence-corrected chi connectivity index (χ0v) is 15.1. The number of nitrogens with zero attached hydrogens (tertiary/aromatic N) is 2. The van der Waals surface area contributed by atoms with Gasteiger partial charge < -0.3 is 16.0 Å². The molecule has 1 amide bonds. The Balaban J connectivity index is 1.96. The van der Waals surface area contributed by atoms with Gasteiger partial charge in [0.15, 0.2) is 11.5 Å². The lowest BCUT2D eigenvalue weighted by atomic mass is 9.87. The molecule has 134 valence electrons. The molecule has 0 spiro atoms. The van der Waals surface area contributed by atoms with Crippen molar-refractivity contribution < 1.29 is 4.79 Å². The highest BCUT2D eigenvalue weighted by molar-refractivity contribution is 6.03. The van der Waals surface area contributed by atoms with Crippen LogP contribution in [0.25, 0.3) is 5.57 Å². The maximum atomic E-state index is 12.5. The number of hydrogen-bond acceptors (Lipinski definition) is 4. The maximum absolute atomic E-state index is 12.5. The summed E-state index contributed by atoms with van der Waals surface area (Å²) in [6, 6.07) is 7.80. The Kier molecular flexibility index (Phi) is 4.92. The number of carbonyl (C=O) groups excluding carboxylic acids is 1. The van der Waals surface area contributed by atoms with Crippen LogP contribution in [0, 0.1) is 11.3 Å². The highest BCUT2D eigenvalue weighted by Gasteiger charge is 2.20. The van der Waals surface area contributed by atoms with Gasteiger partial charge in [-0.2, -0.15) is 5.26 Å². The quantitative estimate of drug-likeness (QED) is 0.782. The Morgan fingerprint density at radius 1 is 1.38 bits per heavy atom. The Hall–Kier alpha value is -2.91. The van der Waals surface area contributed by atoms with Crippen molar-refractivity contribution in [3.63, 3.8) is 0 Å². The van der Waals surface area contributed by atoms with Crippen LogP contribution in [0.1, 0.15) is 67.0 Å². The lowest BCUT2D eigenvalue weighted by molar-refractivity contribution is 0.101. The van der Waals surface area contributed by atoms with Gasteiger partial charge in [0.2, 0.25) is 0 Å². The summed E-state index contributed by atoms with van der Waals surface area (Å²) in [5.74, 6) is -0.253. The number of rotatable bonds is 4. The molecule has 0 saturated carbocycles. The zero-order chi connectivity index (χ0) is 18.7. The molecule has 4 N–H and O–H groups in total. The average Bonchev–Trinajstić information content (AvgIpc) is 3.11. The molecule has 1 heterocycles. The third kappa shape index (κ3) is 3.84. The van der Waals surface area contributed by atoms with E-state index in [4.69, 9.17) is 11.0 Å². The number of hydrogen-bond donors (Lipinski definition) is 3. The number of aromatic amines is 1. The van der Waals surface area contributed by atoms with Crippen molar-refractivity contribution in [3.05, 3.63) is 53.1 Å². The van der Waals surface area contributed by atoms with Crippen LogP contribution in [-0.2, 0) is 5.54 Å². The van der Waals surface area contributed by atoms with Crippen LogP contribution in [-0.4, -0.2) is 15.9 Å². The number of anilines is 1. The van der Waals surface area contributed by atoms with Crippen molar-refractivity contribution in [1.29, 1.82) is 5.26 Å². The SMILES string of the molecule is CC(C)(N)c1ccc(NC(=O)c2nc(C#N)c[nH]2)c(C2=CCCCC2)c1. The summed E-state index contributed by atoms with van der Waals surface area (Å²) >= 11 is 0. The largest absolute Gasteiger partial charge is 0.339 e. The smallest absolute Gasteiger partial charge is 0.291 e. The molecule has 1 aliphatic carbocycles. The van der Waals surface area contributed by atoms with Crippen LogP contribution < -0.4 is 11.1 Å². The van der Waals surface area contributed by atoms with Crippen LogP contribution in [0.5, 0.6) is 0 Å². The molecule has 0 fully saturated rings. The van der Waals surface area contributed by atoms with Gasteiger partial charge in [-0.25, -0.2) is 4.98 Å². The van der Waals surface area contributed by atoms with E-state index in [0.29, 0.717) is 0 Å². The number of nitriles is 1. The van der Waals surface area contributed by atoms with Crippen LogP contribution in [0.3, 0.4) is 0 Å². The molecule has 1 aliphatic rings. The number of imidazole rings is 1. The molecular weight excluding hydrogens is 326 g/mol. The predicted octanol–water partition coefficient (Wildman–Crippen LogP) is 3.68. The molecule has 0 bridgehead atoms. The monoisotopic (exact) mass is 349 g/mol. The van der Waals surface area contributed by atoms with Gasteiger partial charge >= 0.3 is 0 Å². The van der Waals surface area contributed by atoms with Gasteiger partial charge in [-0.3, -0.25) is 4.79 Å². The number of allylic oxidation sites excluding steroid dienone is 2. The number of amides is 1. The van der Waals surface area contributed by atoms with Crippen molar-refractivity contribution in [2.24, 2.45) is 5.73 Å². The third-order valence-corrected chi connectivity index (χ3v) is 4.56. The first kappa shape index (κ1) is 17.9. The topological polar surface area (TPSA) is 108 Å². The fourth-order valence-electron chi connectivity index (χ4n) is 3.08. The van der Waals surface area contributed by atoms with Gasteiger partial charge in [-0.1, -0.05) is 12.1 Å². The van der Waals surface area contributed by atoms with E-state index in [1.807, 2.05) is 32.0 Å². The molecule has 6 nitrogen and oxygen atoms in total. The van der Waals surface area contributed by atoms with Crippen LogP contribution in [0.4, 0.5) is 5.69 Å². The fourth-order valence-corrected chi connectivity index (χ4v) is 3.08. The first-order chi connectivity index (χ1) is 12.4. The number of H-pyrrole nitrogens is 1. The molecule has 0 saturated heterocycles. The second-order valence-corrected chi connectivity index (χ2v) is 7.16. The molecule has 1 aromatic carbocycles. The number of nitrogens with two attached hydrogens (primary N) is 1. The molecule has 0 unspecified atom stereocenters. The van der Waals surface area contributed by atoms with E-state index in [2.05, 4.69) is 27.4 Å². The van der Waals surface area contributed by atoms with Gasteiger partial charge in [0.1, 0.15) is 6.07 Å². The highest BCUT2D eigenvalue weighted by atomic mass is 16.2. The van der Waals surface area contributed by atoms with Gasteiger partial charge in [-0.15, -0.1) is 0 Å². The van der Waals surface area contributed by atoms with E-state index in [9.17, 15) is 4.79 Å². The molecule has 1 aromatic heterocycles. The average molecular weight is 349 g/mol. The molecular formula is C20H23N5O. The molecule has 2 aromatic rings. The molecule has 6 heteroatoms. The highest BCUT2D eigenvalue weighted by Crippen LogP contribution is 2.34. The molecule has 0 radical (unpaired) electrons. The first-order valence-electron chi connectivity index (χ1n) is 8.78. The molecule has 0 atom stereocenters. The lowest BCUT2D eigenvalue weighted by Crippen LogP contribution is -2.28. The van der Waals surface area contributed by atoms with Crippen molar-refractivity contribution in [2.75, 3.05) is 5.32 Å². The van der Waals surface area contributed by atoms with Gasteiger partial charge in [0.05, 0.1) is 0 Å². The van der Waals surface area contributed by atoms with Crippen molar-refractivity contribution in [2.45, 2.75) is 45.1 Å². The van der Waals surface area contributed by atoms with E-state index < -0.39 is 5.54 Å². The predicted molar refractivity (Wildman–Crippen MR) is 101 cm³/mol. The maximum Gasteiger partial charge on any atom is 0.291 e. The molecule has 0 aliphatic heterocycles. The standard InChI is InChI=1S/C20H23N5O/c1-20(2,22)14-8-9-17(16(10-14)13-6-4-3-5-7-13)25-19(26)18-23-12-15(11-21)24-18/h6,8-10,12H,3-5,7,22H2,1-2H3,(H,23,24)(H,25,26). The van der Waals surface area contributed by atoms with Gasteiger partial charge in [-0.05, 0) is 62.8 Å². The summed E-state index contributed by atoms with van der Waals surface area (Å²) in [7, 11) is 0. The summed E-state index contributed by atoms with van der Waals surface area (Å²) in [4.78, 5) is 19.2. The Bertz CT molecular complexity index is 896. The van der Waals surface area contributed by atoms with E-state index >= 15 is 0 Å². The summed E-state index contributed by atoms with van der Waals surface area (Å²) < 4.78 is 0. The normalized spacial score (nSPS) is 14.5. The van der Waals surface area contributed by atoms with Crippen molar-refractivity contribution >= 4 is 17.2 Å². The number of benzene rings is 1. The Labute approximate surface area is 153 Å². The molecule has 26 heavy (non-hydrogen) atoms.